The number of benzene rings is 3. The number of carbonyl (C=O) groups is 1. The summed E-state index contributed by atoms with van der Waals surface area (Å²) in [5, 5.41) is 4.03. The molecule has 0 saturated heterocycles. The lowest BCUT2D eigenvalue weighted by Gasteiger charge is -2.18. The molecule has 1 aliphatic rings. The molecule has 2 heterocycles. The number of aromatic amines is 1. The maximum Gasteiger partial charge on any atom is 0.231 e. The van der Waals surface area contributed by atoms with Gasteiger partial charge in [-0.2, -0.15) is 0 Å². The van der Waals surface area contributed by atoms with Crippen molar-refractivity contribution >= 4 is 16.8 Å². The Morgan fingerprint density at radius 3 is 2.65 bits per heavy atom. The van der Waals surface area contributed by atoms with Crippen molar-refractivity contribution in [2.45, 2.75) is 18.9 Å². The minimum Gasteiger partial charge on any atom is -0.497 e. The smallest absolute Gasteiger partial charge is 0.231 e. The van der Waals surface area contributed by atoms with E-state index in [-0.39, 0.29) is 25.0 Å². The molecule has 1 aliphatic heterocycles. The number of methoxy groups -OCH3 is 2. The minimum atomic E-state index is -0.173. The van der Waals surface area contributed by atoms with Crippen molar-refractivity contribution in [3.63, 3.8) is 0 Å². The second-order valence-electron chi connectivity index (χ2n) is 8.12. The molecule has 0 aliphatic carbocycles. The van der Waals surface area contributed by atoms with Crippen LogP contribution in [0.25, 0.3) is 10.9 Å². The molecule has 5 rings (SSSR count). The van der Waals surface area contributed by atoms with Crippen molar-refractivity contribution in [3.8, 4) is 23.0 Å². The summed E-state index contributed by atoms with van der Waals surface area (Å²) in [6.45, 7) is 0.630. The van der Waals surface area contributed by atoms with E-state index in [0.29, 0.717) is 12.3 Å². The molecule has 7 nitrogen and oxygen atoms in total. The van der Waals surface area contributed by atoms with Crippen molar-refractivity contribution in [2.75, 3.05) is 21.0 Å². The van der Waals surface area contributed by atoms with Gasteiger partial charge in [-0.3, -0.25) is 4.79 Å². The molecule has 1 aromatic heterocycles. The Hall–Kier alpha value is -4.13. The van der Waals surface area contributed by atoms with Gasteiger partial charge in [0, 0.05) is 36.0 Å². The van der Waals surface area contributed by atoms with E-state index in [1.165, 1.54) is 0 Å². The average Bonchev–Trinajstić information content (AvgIpc) is 3.53. The molecule has 0 saturated carbocycles. The summed E-state index contributed by atoms with van der Waals surface area (Å²) >= 11 is 0. The van der Waals surface area contributed by atoms with E-state index in [4.69, 9.17) is 18.9 Å². The quantitative estimate of drug-likeness (QED) is 0.398. The molecular weight excluding hydrogens is 432 g/mol. The van der Waals surface area contributed by atoms with Crippen molar-refractivity contribution in [1.29, 1.82) is 0 Å². The summed E-state index contributed by atoms with van der Waals surface area (Å²) in [6.07, 6.45) is 2.25. The van der Waals surface area contributed by atoms with Gasteiger partial charge in [0.2, 0.25) is 12.7 Å². The van der Waals surface area contributed by atoms with E-state index in [0.717, 1.165) is 44.8 Å². The summed E-state index contributed by atoms with van der Waals surface area (Å²) in [7, 11) is 3.30. The van der Waals surface area contributed by atoms with Crippen molar-refractivity contribution in [1.82, 2.24) is 10.3 Å². The second kappa shape index (κ2) is 9.39. The van der Waals surface area contributed by atoms with Crippen LogP contribution in [0.1, 0.15) is 29.0 Å². The fourth-order valence-electron chi connectivity index (χ4n) is 4.37. The Morgan fingerprint density at radius 1 is 1.03 bits per heavy atom. The highest BCUT2D eigenvalue weighted by Crippen LogP contribution is 2.38. The number of rotatable bonds is 8. The first-order valence-electron chi connectivity index (χ1n) is 11.1. The van der Waals surface area contributed by atoms with Gasteiger partial charge in [0.05, 0.1) is 14.2 Å². The van der Waals surface area contributed by atoms with Crippen LogP contribution in [0.15, 0.2) is 66.9 Å². The third-order valence-corrected chi connectivity index (χ3v) is 6.13. The standard InChI is InChI=1S/C27H26N2O5/c1-31-19-9-7-18(8-10-19)20(21-15-28-22-4-3-5-24(32-2)27(21)22)13-26(30)29-14-17-6-11-23-25(12-17)34-16-33-23/h3-12,15,20,28H,13-14,16H2,1-2H3,(H,29,30)/t20-/m0/s1. The third-order valence-electron chi connectivity index (χ3n) is 6.13. The minimum absolute atomic E-state index is 0.0530. The van der Waals surface area contributed by atoms with Crippen LogP contribution >= 0.6 is 0 Å². The highest BCUT2D eigenvalue weighted by Gasteiger charge is 2.23. The summed E-state index contributed by atoms with van der Waals surface area (Å²) < 4.78 is 21.8. The molecule has 0 bridgehead atoms. The van der Waals surface area contributed by atoms with Crippen LogP contribution in [0, 0.1) is 0 Å². The SMILES string of the molecule is COc1ccc([C@H](CC(=O)NCc2ccc3c(c2)OCO3)c2c[nH]c3cccc(OC)c23)cc1. The van der Waals surface area contributed by atoms with Crippen LogP contribution < -0.4 is 24.3 Å². The van der Waals surface area contributed by atoms with Gasteiger partial charge >= 0.3 is 0 Å². The van der Waals surface area contributed by atoms with Crippen LogP contribution in [0.4, 0.5) is 0 Å². The number of hydrogen-bond acceptors (Lipinski definition) is 5. The Bertz CT molecular complexity index is 1310. The number of ether oxygens (including phenoxy) is 4. The van der Waals surface area contributed by atoms with Gasteiger partial charge in [-0.05, 0) is 53.1 Å². The first-order valence-corrected chi connectivity index (χ1v) is 11.1. The predicted octanol–water partition coefficient (Wildman–Crippen LogP) is 4.75. The van der Waals surface area contributed by atoms with Gasteiger partial charge in [0.1, 0.15) is 11.5 Å². The lowest BCUT2D eigenvalue weighted by Crippen LogP contribution is -2.25. The highest BCUT2D eigenvalue weighted by molar-refractivity contribution is 5.91. The maximum absolute atomic E-state index is 13.1. The summed E-state index contributed by atoms with van der Waals surface area (Å²) in [6, 6.07) is 19.4. The average molecular weight is 459 g/mol. The zero-order valence-corrected chi connectivity index (χ0v) is 19.1. The van der Waals surface area contributed by atoms with Gasteiger partial charge < -0.3 is 29.2 Å². The van der Waals surface area contributed by atoms with Crippen molar-refractivity contribution < 1.29 is 23.7 Å². The molecule has 1 amide bonds. The third kappa shape index (κ3) is 4.24. The molecule has 0 radical (unpaired) electrons. The Balaban J connectivity index is 1.41. The zero-order valence-electron chi connectivity index (χ0n) is 19.1. The van der Waals surface area contributed by atoms with Crippen LogP contribution in [0.5, 0.6) is 23.0 Å². The van der Waals surface area contributed by atoms with E-state index >= 15 is 0 Å². The van der Waals surface area contributed by atoms with Crippen molar-refractivity contribution in [2.24, 2.45) is 0 Å². The molecule has 0 unspecified atom stereocenters. The molecule has 3 aromatic carbocycles. The number of amides is 1. The normalized spacial score (nSPS) is 13.0. The first kappa shape index (κ1) is 21.7. The van der Waals surface area contributed by atoms with Gasteiger partial charge in [-0.15, -0.1) is 0 Å². The lowest BCUT2D eigenvalue weighted by molar-refractivity contribution is -0.121. The molecule has 34 heavy (non-hydrogen) atoms. The Morgan fingerprint density at radius 2 is 1.85 bits per heavy atom. The lowest BCUT2D eigenvalue weighted by atomic mass is 9.87. The number of fused-ring (bicyclic) bond motifs is 2. The summed E-state index contributed by atoms with van der Waals surface area (Å²) in [5.74, 6) is 2.74. The van der Waals surface area contributed by atoms with Gasteiger partial charge in [0.15, 0.2) is 11.5 Å². The van der Waals surface area contributed by atoms with Crippen LogP contribution in [-0.4, -0.2) is 31.9 Å². The molecule has 0 spiro atoms. The highest BCUT2D eigenvalue weighted by atomic mass is 16.7. The zero-order chi connectivity index (χ0) is 23.5. The Labute approximate surface area is 197 Å². The molecule has 7 heteroatoms. The van der Waals surface area contributed by atoms with Crippen LogP contribution in [0.3, 0.4) is 0 Å². The van der Waals surface area contributed by atoms with Crippen molar-refractivity contribution in [3.05, 3.63) is 83.6 Å². The number of nitrogens with one attached hydrogen (secondary N) is 2. The molecular formula is C27H26N2O5. The Kier molecular flexibility index (Phi) is 5.99. The summed E-state index contributed by atoms with van der Waals surface area (Å²) in [4.78, 5) is 16.4. The fraction of sp³-hybridized carbons (Fsp3) is 0.222. The van der Waals surface area contributed by atoms with Gasteiger partial charge in [-0.25, -0.2) is 0 Å². The fourth-order valence-corrected chi connectivity index (χ4v) is 4.37. The number of hydrogen-bond donors (Lipinski definition) is 2. The maximum atomic E-state index is 13.1. The molecule has 1 atom stereocenters. The largest absolute Gasteiger partial charge is 0.497 e. The second-order valence-corrected chi connectivity index (χ2v) is 8.12. The molecule has 0 fully saturated rings. The first-order chi connectivity index (χ1) is 16.7. The van der Waals surface area contributed by atoms with E-state index in [1.54, 1.807) is 14.2 Å². The van der Waals surface area contributed by atoms with Gasteiger partial charge in [0.25, 0.3) is 0 Å². The van der Waals surface area contributed by atoms with Crippen LogP contribution in [0.2, 0.25) is 0 Å². The monoisotopic (exact) mass is 458 g/mol. The summed E-state index contributed by atoms with van der Waals surface area (Å²) in [5.41, 5.74) is 3.95. The van der Waals surface area contributed by atoms with E-state index in [2.05, 4.69) is 10.3 Å². The molecule has 4 aromatic rings. The predicted molar refractivity (Wildman–Crippen MR) is 129 cm³/mol. The van der Waals surface area contributed by atoms with E-state index in [1.807, 2.05) is 66.9 Å². The van der Waals surface area contributed by atoms with Gasteiger partial charge in [-0.1, -0.05) is 24.3 Å². The molecule has 174 valence electrons. The number of H-pyrrole nitrogens is 1. The van der Waals surface area contributed by atoms with E-state index in [9.17, 15) is 4.79 Å². The number of aromatic nitrogens is 1. The number of carbonyl (C=O) groups excluding carboxylic acids is 1. The molecule has 2 N–H and O–H groups in total. The van der Waals surface area contributed by atoms with E-state index < -0.39 is 0 Å². The van der Waals surface area contributed by atoms with Crippen LogP contribution in [-0.2, 0) is 11.3 Å². The topological polar surface area (TPSA) is 81.8 Å².